The Hall–Kier alpha value is -3.52. The Kier molecular flexibility index (Phi) is 23.6. The molecule has 1 unspecified atom stereocenters. The highest BCUT2D eigenvalue weighted by molar-refractivity contribution is 5.80. The van der Waals surface area contributed by atoms with Gasteiger partial charge in [-0.3, -0.25) is 4.99 Å². The fourth-order valence-electron chi connectivity index (χ4n) is 5.31. The first-order valence-electron chi connectivity index (χ1n) is 17.7. The number of alkyl halides is 3. The maximum Gasteiger partial charge on any atom is 0.433 e. The largest absolute Gasteiger partial charge is 0.433 e. The van der Waals surface area contributed by atoms with Crippen molar-refractivity contribution in [2.75, 3.05) is 51.7 Å². The third-order valence-corrected chi connectivity index (χ3v) is 8.04. The van der Waals surface area contributed by atoms with Crippen LogP contribution in [0, 0.1) is 12.8 Å². The molecule has 276 valence electrons. The van der Waals surface area contributed by atoms with E-state index in [2.05, 4.69) is 109 Å². The number of hydrogen-bond donors (Lipinski definition) is 2. The van der Waals surface area contributed by atoms with E-state index in [1.165, 1.54) is 107 Å². The van der Waals surface area contributed by atoms with Crippen LogP contribution in [0.5, 0.6) is 0 Å². The molecule has 1 atom stereocenters. The van der Waals surface area contributed by atoms with E-state index in [9.17, 15) is 13.2 Å². The Bertz CT molecular complexity index is 1250. The molecule has 0 saturated carbocycles. The summed E-state index contributed by atoms with van der Waals surface area (Å²) in [5.41, 5.74) is 6.32. The first-order chi connectivity index (χ1) is 23.2. The predicted molar refractivity (Wildman–Crippen MR) is 209 cm³/mol. The fourth-order valence-corrected chi connectivity index (χ4v) is 5.31. The van der Waals surface area contributed by atoms with Crippen LogP contribution in [0.1, 0.15) is 85.6 Å². The molecule has 0 amide bonds. The van der Waals surface area contributed by atoms with Crippen molar-refractivity contribution in [3.63, 3.8) is 0 Å². The molecule has 3 rings (SSSR count). The summed E-state index contributed by atoms with van der Waals surface area (Å²) in [6.45, 7) is 30.1. The van der Waals surface area contributed by atoms with Crippen molar-refractivity contribution in [2.45, 2.75) is 93.2 Å². The zero-order valence-corrected chi connectivity index (χ0v) is 32.1. The number of rotatable bonds is 13. The smallest absolute Gasteiger partial charge is 0.391 e. The SMILES string of the molecule is C=C/C(C)=C(/N=C(C)C)C(F)(F)F.C=C1CCCN1CCCNC.C=CC1C=CC(C)=C(NC)C1.CCCN(CCC)c1ccccc1C. The van der Waals surface area contributed by atoms with E-state index in [1.54, 1.807) is 0 Å². The van der Waals surface area contributed by atoms with Gasteiger partial charge in [0.25, 0.3) is 0 Å². The molecular formula is C41H66F3N5. The molecule has 5 nitrogen and oxygen atoms in total. The average molecular weight is 686 g/mol. The van der Waals surface area contributed by atoms with Crippen molar-refractivity contribution < 1.29 is 13.2 Å². The van der Waals surface area contributed by atoms with Crippen LogP contribution in [0.3, 0.4) is 0 Å². The van der Waals surface area contributed by atoms with E-state index in [0.717, 1.165) is 19.0 Å². The number of nitrogens with zero attached hydrogens (tertiary/aromatic N) is 3. The van der Waals surface area contributed by atoms with Crippen LogP contribution in [-0.4, -0.2) is 63.6 Å². The van der Waals surface area contributed by atoms with E-state index < -0.39 is 11.9 Å². The van der Waals surface area contributed by atoms with Crippen molar-refractivity contribution in [3.05, 3.63) is 102 Å². The second-order valence-corrected chi connectivity index (χ2v) is 12.6. The molecule has 49 heavy (non-hydrogen) atoms. The Labute approximate surface area is 297 Å². The summed E-state index contributed by atoms with van der Waals surface area (Å²) in [4.78, 5) is 8.30. The van der Waals surface area contributed by atoms with E-state index in [-0.39, 0.29) is 5.57 Å². The number of halogens is 3. The normalized spacial score (nSPS) is 15.8. The van der Waals surface area contributed by atoms with Gasteiger partial charge in [-0.1, -0.05) is 69.5 Å². The molecule has 0 spiro atoms. The molecule has 1 heterocycles. The van der Waals surface area contributed by atoms with Crippen molar-refractivity contribution in [1.82, 2.24) is 15.5 Å². The van der Waals surface area contributed by atoms with E-state index in [0.29, 0.717) is 11.6 Å². The minimum Gasteiger partial charge on any atom is -0.391 e. The molecular weight excluding hydrogens is 619 g/mol. The minimum absolute atomic E-state index is 0.0358. The maximum atomic E-state index is 12.3. The summed E-state index contributed by atoms with van der Waals surface area (Å²) in [6, 6.07) is 8.64. The molecule has 1 aromatic rings. The molecule has 2 N–H and O–H groups in total. The van der Waals surface area contributed by atoms with Crippen LogP contribution in [0.2, 0.25) is 0 Å². The van der Waals surface area contributed by atoms with Gasteiger partial charge in [-0.15, -0.1) is 6.58 Å². The zero-order chi connectivity index (χ0) is 37.4. The predicted octanol–water partition coefficient (Wildman–Crippen LogP) is 10.6. The first-order valence-corrected chi connectivity index (χ1v) is 17.7. The quantitative estimate of drug-likeness (QED) is 0.0939. The monoisotopic (exact) mass is 686 g/mol. The van der Waals surface area contributed by atoms with E-state index >= 15 is 0 Å². The summed E-state index contributed by atoms with van der Waals surface area (Å²) >= 11 is 0. The third kappa shape index (κ3) is 18.7. The highest BCUT2D eigenvalue weighted by Gasteiger charge is 2.34. The van der Waals surface area contributed by atoms with Gasteiger partial charge in [0.2, 0.25) is 0 Å². The number of nitrogens with one attached hydrogen (secondary N) is 2. The van der Waals surface area contributed by atoms with Crippen LogP contribution in [0.25, 0.3) is 0 Å². The van der Waals surface area contributed by atoms with Gasteiger partial charge in [0.15, 0.2) is 0 Å². The lowest BCUT2D eigenvalue weighted by atomic mass is 9.94. The molecule has 0 radical (unpaired) electrons. The third-order valence-electron chi connectivity index (χ3n) is 8.04. The molecule has 1 fully saturated rings. The Balaban J connectivity index is 0.000000630. The number of aliphatic imine (C=N–C) groups is 1. The molecule has 1 aliphatic carbocycles. The Morgan fingerprint density at radius 1 is 1.06 bits per heavy atom. The van der Waals surface area contributed by atoms with Gasteiger partial charge in [0.05, 0.1) is 0 Å². The number of hydrogen-bond acceptors (Lipinski definition) is 5. The molecule has 1 aromatic carbocycles. The molecule has 1 saturated heterocycles. The van der Waals surface area contributed by atoms with Gasteiger partial charge in [0.1, 0.15) is 5.70 Å². The highest BCUT2D eigenvalue weighted by Crippen LogP contribution is 2.29. The van der Waals surface area contributed by atoms with Gasteiger partial charge in [-0.2, -0.15) is 13.2 Å². The molecule has 8 heteroatoms. The average Bonchev–Trinajstić information content (AvgIpc) is 3.48. The number of anilines is 1. The Morgan fingerprint density at radius 3 is 2.14 bits per heavy atom. The van der Waals surface area contributed by atoms with Gasteiger partial charge in [0, 0.05) is 61.9 Å². The highest BCUT2D eigenvalue weighted by atomic mass is 19.4. The van der Waals surface area contributed by atoms with Crippen molar-refractivity contribution in [2.24, 2.45) is 10.9 Å². The lowest BCUT2D eigenvalue weighted by Crippen LogP contribution is -2.25. The summed E-state index contributed by atoms with van der Waals surface area (Å²) < 4.78 is 36.9. The van der Waals surface area contributed by atoms with E-state index in [4.69, 9.17) is 0 Å². The summed E-state index contributed by atoms with van der Waals surface area (Å²) in [5.74, 6) is 0.515. The summed E-state index contributed by atoms with van der Waals surface area (Å²) in [6.07, 6.45) is 10.3. The second kappa shape index (κ2) is 25.5. The number of benzene rings is 1. The maximum absolute atomic E-state index is 12.3. The molecule has 0 aromatic heterocycles. The number of allylic oxidation sites excluding steroid dienone is 9. The standard InChI is InChI=1S/C13H21N.C10H15N.C9H12F3N.C9H18N2/c1-4-10-14(11-5-2)13-9-7-6-8-12(13)3;1-4-9-6-5-8(2)10(7-9)11-3;1-5-7(4)8(9(10,11)12)13-6(2)3;1-9-5-3-7-11(9)8-4-6-10-2/h6-9H,4-5,10-11H2,1-3H3;4-6,9,11H,1,7H2,2-3H3;5H,1H2,2-4H3;10H,1,3-8H2,2H3/b;;8-7+;. The number of likely N-dealkylation sites (tertiary alicyclic amines) is 1. The molecule has 2 aliphatic rings. The summed E-state index contributed by atoms with van der Waals surface area (Å²) in [7, 11) is 3.97. The van der Waals surface area contributed by atoms with Crippen LogP contribution in [-0.2, 0) is 0 Å². The summed E-state index contributed by atoms with van der Waals surface area (Å²) in [5, 5.41) is 6.35. The van der Waals surface area contributed by atoms with Crippen molar-refractivity contribution in [3.8, 4) is 0 Å². The van der Waals surface area contributed by atoms with Crippen LogP contribution >= 0.6 is 0 Å². The topological polar surface area (TPSA) is 42.9 Å². The number of aryl methyl sites for hydroxylation is 1. The second-order valence-electron chi connectivity index (χ2n) is 12.6. The molecule has 0 bridgehead atoms. The number of para-hydroxylation sites is 1. The van der Waals surface area contributed by atoms with Crippen molar-refractivity contribution in [1.29, 1.82) is 0 Å². The van der Waals surface area contributed by atoms with E-state index in [1.807, 2.05) is 20.2 Å². The van der Waals surface area contributed by atoms with Crippen LogP contribution in [0.4, 0.5) is 18.9 Å². The van der Waals surface area contributed by atoms with Crippen LogP contribution < -0.4 is 15.5 Å². The van der Waals surface area contributed by atoms with Gasteiger partial charge >= 0.3 is 6.18 Å². The lowest BCUT2D eigenvalue weighted by molar-refractivity contribution is -0.0929. The van der Waals surface area contributed by atoms with Crippen molar-refractivity contribution >= 4 is 11.4 Å². The van der Waals surface area contributed by atoms with Gasteiger partial charge in [-0.25, -0.2) is 0 Å². The van der Waals surface area contributed by atoms with Gasteiger partial charge < -0.3 is 20.4 Å². The van der Waals surface area contributed by atoms with Gasteiger partial charge in [-0.05, 0) is 110 Å². The first kappa shape index (κ1) is 45.5. The molecule has 1 aliphatic heterocycles. The Morgan fingerprint density at radius 2 is 1.69 bits per heavy atom. The fraction of sp³-hybridized carbons (Fsp3) is 0.537. The zero-order valence-electron chi connectivity index (χ0n) is 32.1. The van der Waals surface area contributed by atoms with Crippen LogP contribution in [0.15, 0.2) is 102 Å². The minimum atomic E-state index is -4.41. The lowest BCUT2D eigenvalue weighted by Gasteiger charge is -2.25.